The van der Waals surface area contributed by atoms with Crippen LogP contribution in [0, 0.1) is 20.0 Å². The maximum Gasteiger partial charge on any atom is 0 e. The maximum absolute atomic E-state index is 12.2. The van der Waals surface area contributed by atoms with Crippen molar-refractivity contribution in [3.8, 4) is 0 Å². The number of unbranched alkanes of at least 4 members (excludes halogenated alkanes) is 7. The van der Waals surface area contributed by atoms with Crippen molar-refractivity contribution >= 4 is 22.7 Å². The van der Waals surface area contributed by atoms with E-state index in [-0.39, 0.29) is 20.4 Å². The van der Waals surface area contributed by atoms with Gasteiger partial charge in [0, 0.05) is 75.7 Å². The second-order valence-electron chi connectivity index (χ2n) is 10.4. The molecule has 0 bridgehead atoms. The molecule has 1 N–H and O–H groups in total. The molecule has 0 aliphatic carbocycles. The Morgan fingerprint density at radius 1 is 0.702 bits per heavy atom. The van der Waals surface area contributed by atoms with Crippen molar-refractivity contribution in [1.82, 2.24) is 14.9 Å². The molecule has 1 unspecified atom stereocenters. The van der Waals surface area contributed by atoms with Gasteiger partial charge in [-0.15, -0.1) is 0 Å². The van der Waals surface area contributed by atoms with Crippen LogP contribution in [0.3, 0.4) is 0 Å². The van der Waals surface area contributed by atoms with Gasteiger partial charge in [0.2, 0.25) is 0 Å². The fourth-order valence-corrected chi connectivity index (χ4v) is 5.15. The molecule has 0 aliphatic heterocycles. The average molecular weight is 834 g/mol. The Hall–Kier alpha value is -3.06. The fraction of sp³-hybridized carbons (Fsp3) is 0.429. The average Bonchev–Trinajstić information content (AvgIpc) is 3.09. The number of hydrogen-bond donors (Lipinski definition) is 1. The second kappa shape index (κ2) is 32.9. The summed E-state index contributed by atoms with van der Waals surface area (Å²) in [6.07, 6.45) is 16.2. The molecule has 0 amide bonds. The number of carbonyl (C=O) groups is 1. The number of anilines is 1. The molecule has 10 nitrogen and oxygen atoms in total. The number of nitrogens with zero attached hydrogens (tertiary/aromatic N) is 3. The number of aromatic nitrogens is 2. The van der Waals surface area contributed by atoms with Gasteiger partial charge in [0.25, 0.3) is 0 Å². The molecule has 3 aromatic rings. The maximum atomic E-state index is 12.2. The van der Waals surface area contributed by atoms with E-state index in [1.807, 2.05) is 48.8 Å². The molecule has 1 radical (unpaired) electrons. The van der Waals surface area contributed by atoms with Gasteiger partial charge in [0.15, 0.2) is 0 Å². The number of hydrogen-bond acceptors (Lipinski definition) is 6. The predicted molar refractivity (Wildman–Crippen MR) is 173 cm³/mol. The van der Waals surface area contributed by atoms with Gasteiger partial charge in [-0.3, -0.25) is 23.9 Å². The number of rotatable bonds is 21. The Labute approximate surface area is 295 Å². The van der Waals surface area contributed by atoms with E-state index < -0.39 is 11.3 Å². The Morgan fingerprint density at radius 2 is 1.17 bits per heavy atom. The van der Waals surface area contributed by atoms with Crippen LogP contribution >= 0.6 is 0 Å². The molecule has 2 heterocycles. The molecule has 0 aliphatic rings. The molecule has 47 heavy (non-hydrogen) atoms. The molecular weight excluding hydrogens is 791 g/mol. The second-order valence-corrected chi connectivity index (χ2v) is 11.0. The number of benzene rings is 1. The van der Waals surface area contributed by atoms with Crippen LogP contribution in [0.1, 0.15) is 87.6 Å². The number of ketones is 1. The van der Waals surface area contributed by atoms with Gasteiger partial charge in [0.05, 0.1) is 11.4 Å². The van der Waals surface area contributed by atoms with E-state index >= 15 is 0 Å². The summed E-state index contributed by atoms with van der Waals surface area (Å²) in [5, 5.41) is 0. The van der Waals surface area contributed by atoms with Crippen LogP contribution in [0.4, 0.5) is 5.69 Å². The van der Waals surface area contributed by atoms with Crippen LogP contribution < -0.4 is 4.72 Å². The number of pyridine rings is 2. The first-order valence-electron chi connectivity index (χ1n) is 15.2. The summed E-state index contributed by atoms with van der Waals surface area (Å²) in [5.41, 5.74) is 3.85. The van der Waals surface area contributed by atoms with Gasteiger partial charge in [-0.05, 0) is 74.2 Å². The third-order valence-electron chi connectivity index (χ3n) is 6.98. The third-order valence-corrected chi connectivity index (χ3v) is 7.38. The van der Waals surface area contributed by atoms with Crippen molar-refractivity contribution in [2.75, 3.05) is 11.3 Å². The quantitative estimate of drug-likeness (QED) is 0.0547. The third kappa shape index (κ3) is 24.7. The van der Waals surface area contributed by atoms with Gasteiger partial charge in [-0.2, -0.15) is 0 Å². The molecule has 0 saturated carbocycles. The van der Waals surface area contributed by atoms with Crippen molar-refractivity contribution in [3.63, 3.8) is 0 Å². The topological polar surface area (TPSA) is 158 Å². The van der Waals surface area contributed by atoms with Crippen molar-refractivity contribution in [2.24, 2.45) is 0 Å². The zero-order valence-electron chi connectivity index (χ0n) is 26.6. The molecule has 0 saturated heterocycles. The summed E-state index contributed by atoms with van der Waals surface area (Å²) < 4.78 is 46.2. The van der Waals surface area contributed by atoms with Gasteiger partial charge >= 0.3 is 33.9 Å². The molecular formula is C35H43N4O6ReS-. The Morgan fingerprint density at radius 3 is 1.64 bits per heavy atom. The predicted octanol–water partition coefficient (Wildman–Crippen LogP) is 6.67. The Kier molecular flexibility index (Phi) is 32.2. The standard InChI is InChI=1S/C32H44N4O3S.3CO.Re/c37-32(18-13-14-28-19-21-29(22-20-28)35-40(38)39)17-7-5-3-1-2-4-6-12-25-36(26-30-15-8-10-23-33-30)27-31-16-9-11-24-34-31;3*1-2;/h8-11,15-16,19-24,35H,1-7,12-14,17-18,25-27H2,(H,38,39);;;;/p-1. The smallest absolute Gasteiger partial charge is 0 e. The number of Topliss-reactive ketones (excluding diaryl/α,β-unsaturated/α-hetero) is 1. The molecule has 3 rings (SSSR count). The van der Waals surface area contributed by atoms with E-state index in [1.54, 1.807) is 12.1 Å². The minimum Gasteiger partial charge on any atom is 0 e. The molecule has 1 atom stereocenters. The van der Waals surface area contributed by atoms with Crippen molar-refractivity contribution in [2.45, 2.75) is 90.1 Å². The minimum absolute atomic E-state index is 0. The summed E-state index contributed by atoms with van der Waals surface area (Å²) in [7, 11) is 0. The first-order valence-corrected chi connectivity index (χ1v) is 16.3. The molecule has 12 heteroatoms. The molecule has 2 aromatic heterocycles. The van der Waals surface area contributed by atoms with Gasteiger partial charge < -0.3 is 9.27 Å². The molecule has 0 fully saturated rings. The summed E-state index contributed by atoms with van der Waals surface area (Å²) in [6, 6.07) is 19.5. The molecule has 1 aromatic carbocycles. The zero-order valence-corrected chi connectivity index (χ0v) is 30.1. The van der Waals surface area contributed by atoms with Gasteiger partial charge in [0.1, 0.15) is 5.78 Å². The van der Waals surface area contributed by atoms with E-state index in [0.717, 1.165) is 62.3 Å². The number of nitrogens with one attached hydrogen (secondary N) is 1. The van der Waals surface area contributed by atoms with Crippen LogP contribution in [0.5, 0.6) is 0 Å². The summed E-state index contributed by atoms with van der Waals surface area (Å²) in [5.74, 6) is 0.348. The minimum atomic E-state index is -2.31. The number of carbonyl (C=O) groups excluding carboxylic acids is 1. The zero-order chi connectivity index (χ0) is 34.3. The Bertz CT molecular complexity index is 1210. The number of aryl methyl sites for hydroxylation is 1. The van der Waals surface area contributed by atoms with Crippen LogP contribution in [0.2, 0.25) is 0 Å². The van der Waals surface area contributed by atoms with E-state index in [4.69, 9.17) is 14.0 Å². The first-order chi connectivity index (χ1) is 22.6. The van der Waals surface area contributed by atoms with E-state index in [9.17, 15) is 13.6 Å². The first kappa shape index (κ1) is 46.1. The van der Waals surface area contributed by atoms with Crippen molar-refractivity contribution in [1.29, 1.82) is 0 Å². The normalized spacial score (nSPS) is 10.3. The summed E-state index contributed by atoms with van der Waals surface area (Å²) >= 11 is -2.31. The Balaban J connectivity index is 0. The van der Waals surface area contributed by atoms with Crippen LogP contribution in [-0.4, -0.2) is 36.0 Å². The largest absolute Gasteiger partial charge is 0 e. The monoisotopic (exact) mass is 834 g/mol. The van der Waals surface area contributed by atoms with E-state index in [0.29, 0.717) is 24.3 Å². The van der Waals surface area contributed by atoms with Gasteiger partial charge in [-0.25, -0.2) is 0 Å². The molecule has 0 spiro atoms. The van der Waals surface area contributed by atoms with Crippen molar-refractivity contribution in [3.05, 3.63) is 110 Å². The SMILES string of the molecule is O=C(CCCCCCCCCCN(Cc1ccccn1)Cc1ccccn1)CCCc1ccc(NS(=O)[O-])cc1.[C-]#[O+].[C-]#[O+].[C-]#[O+].[Re]. The molecule has 253 valence electrons. The summed E-state index contributed by atoms with van der Waals surface area (Å²) in [6.45, 7) is 16.2. The van der Waals surface area contributed by atoms with E-state index in [2.05, 4.69) is 51.7 Å². The van der Waals surface area contributed by atoms with Crippen LogP contribution in [0.25, 0.3) is 0 Å². The fourth-order valence-electron chi connectivity index (χ4n) is 4.82. The van der Waals surface area contributed by atoms with Gasteiger partial charge in [-0.1, -0.05) is 62.8 Å². The van der Waals surface area contributed by atoms with Crippen LogP contribution in [-0.2, 0) is 70.0 Å². The summed E-state index contributed by atoms with van der Waals surface area (Å²) in [4.78, 5) is 23.7. The van der Waals surface area contributed by atoms with Crippen molar-refractivity contribution < 1.29 is 47.9 Å². The van der Waals surface area contributed by atoms with E-state index in [1.165, 1.54) is 38.5 Å². The van der Waals surface area contributed by atoms with Crippen LogP contribution in [0.15, 0.2) is 73.1 Å².